The molecule has 7 nitrogen and oxygen atoms in total. The summed E-state index contributed by atoms with van der Waals surface area (Å²) in [5.74, 6) is 1.53. The normalized spacial score (nSPS) is 11.8. The average Bonchev–Trinajstić information content (AvgIpc) is 3.17. The highest BCUT2D eigenvalue weighted by Crippen LogP contribution is 2.24. The van der Waals surface area contributed by atoms with Crippen LogP contribution in [0.25, 0.3) is 11.3 Å². The zero-order chi connectivity index (χ0) is 20.2. The fourth-order valence-electron chi connectivity index (χ4n) is 2.94. The summed E-state index contributed by atoms with van der Waals surface area (Å²) in [4.78, 5) is 8.44. The molecule has 0 saturated carbocycles. The molecule has 0 spiro atoms. The van der Waals surface area contributed by atoms with Gasteiger partial charge in [0.1, 0.15) is 17.5 Å². The number of H-pyrrole nitrogens is 1. The third kappa shape index (κ3) is 4.49. The molecule has 4 aromatic rings. The molecule has 1 unspecified atom stereocenters. The predicted octanol–water partition coefficient (Wildman–Crippen LogP) is 4.50. The number of nitrogens with zero attached hydrogens (tertiary/aromatic N) is 3. The van der Waals surface area contributed by atoms with Gasteiger partial charge < -0.3 is 16.4 Å². The summed E-state index contributed by atoms with van der Waals surface area (Å²) in [7, 11) is 0. The molecule has 0 aliphatic rings. The van der Waals surface area contributed by atoms with Crippen LogP contribution in [0.5, 0.6) is 0 Å². The molecule has 0 fully saturated rings. The first-order chi connectivity index (χ1) is 14.1. The molecule has 2 aromatic heterocycles. The number of nitrogen functional groups attached to an aromatic ring is 1. The lowest BCUT2D eigenvalue weighted by molar-refractivity contribution is 0.626. The van der Waals surface area contributed by atoms with Crippen LogP contribution in [0.4, 0.5) is 27.8 Å². The van der Waals surface area contributed by atoms with Crippen LogP contribution in [0.1, 0.15) is 18.5 Å². The van der Waals surface area contributed by atoms with Crippen molar-refractivity contribution in [3.05, 3.63) is 78.1 Å². The summed E-state index contributed by atoms with van der Waals surface area (Å²) in [5, 5.41) is 13.7. The number of anilines is 4. The second-order valence-corrected chi connectivity index (χ2v) is 6.57. The highest BCUT2D eigenvalue weighted by Gasteiger charge is 2.10. The Morgan fingerprint density at radius 2 is 1.66 bits per heavy atom. The molecule has 0 amide bonds. The molecular weight excluding hydrogens is 369 g/mol. The van der Waals surface area contributed by atoms with Crippen LogP contribution in [0.2, 0.25) is 0 Å². The highest BCUT2D eigenvalue weighted by atomic mass is 19.1. The molecule has 8 heteroatoms. The van der Waals surface area contributed by atoms with E-state index in [4.69, 9.17) is 5.73 Å². The number of rotatable bonds is 6. The Balaban J connectivity index is 1.50. The number of nitrogens with two attached hydrogens (primary N) is 1. The average molecular weight is 389 g/mol. The van der Waals surface area contributed by atoms with Gasteiger partial charge in [0, 0.05) is 18.2 Å². The molecule has 0 aliphatic carbocycles. The Hall–Kier alpha value is -3.94. The van der Waals surface area contributed by atoms with E-state index < -0.39 is 0 Å². The number of nitrogens with one attached hydrogen (secondary N) is 3. The lowest BCUT2D eigenvalue weighted by Crippen LogP contribution is -2.10. The molecule has 0 radical (unpaired) electrons. The fourth-order valence-corrected chi connectivity index (χ4v) is 2.94. The Kier molecular flexibility index (Phi) is 5.07. The number of hydrogen-bond acceptors (Lipinski definition) is 6. The van der Waals surface area contributed by atoms with Gasteiger partial charge in [-0.05, 0) is 30.2 Å². The lowest BCUT2D eigenvalue weighted by atomic mass is 10.1. The van der Waals surface area contributed by atoms with Crippen molar-refractivity contribution in [3.63, 3.8) is 0 Å². The van der Waals surface area contributed by atoms with Crippen molar-refractivity contribution in [3.8, 4) is 11.3 Å². The van der Waals surface area contributed by atoms with Crippen molar-refractivity contribution in [2.24, 2.45) is 0 Å². The zero-order valence-electron chi connectivity index (χ0n) is 15.7. The standard InChI is InChI=1S/C21H20FN7/c1-13(14-7-9-16(22)10-8-14)24-18-12-19(27-21(23)26-18)25-20-11-17(28-29-20)15-5-3-2-4-6-15/h2-13H,1H3,(H5,23,24,25,26,27,28,29). The van der Waals surface area contributed by atoms with Gasteiger partial charge in [0.25, 0.3) is 0 Å². The number of aromatic amines is 1. The predicted molar refractivity (Wildman–Crippen MR) is 112 cm³/mol. The zero-order valence-corrected chi connectivity index (χ0v) is 15.7. The maximum atomic E-state index is 13.1. The van der Waals surface area contributed by atoms with Gasteiger partial charge in [0.15, 0.2) is 5.82 Å². The van der Waals surface area contributed by atoms with E-state index in [-0.39, 0.29) is 17.8 Å². The highest BCUT2D eigenvalue weighted by molar-refractivity contribution is 5.66. The van der Waals surface area contributed by atoms with Crippen LogP contribution < -0.4 is 16.4 Å². The third-order valence-corrected chi connectivity index (χ3v) is 4.40. The molecular formula is C21H20FN7. The molecule has 0 aliphatic heterocycles. The van der Waals surface area contributed by atoms with E-state index in [2.05, 4.69) is 30.8 Å². The van der Waals surface area contributed by atoms with Crippen LogP contribution in [-0.4, -0.2) is 20.2 Å². The maximum absolute atomic E-state index is 13.1. The Labute approximate surface area is 167 Å². The van der Waals surface area contributed by atoms with Crippen LogP contribution in [-0.2, 0) is 0 Å². The first kappa shape index (κ1) is 18.4. The minimum absolute atomic E-state index is 0.0900. The van der Waals surface area contributed by atoms with E-state index in [0.717, 1.165) is 16.8 Å². The number of hydrogen-bond donors (Lipinski definition) is 4. The molecule has 2 heterocycles. The third-order valence-electron chi connectivity index (χ3n) is 4.40. The monoisotopic (exact) mass is 389 g/mol. The minimum atomic E-state index is -0.271. The SMILES string of the molecule is CC(Nc1cc(Nc2cc(-c3ccccc3)[nH]n2)nc(N)n1)c1ccc(F)cc1. The van der Waals surface area contributed by atoms with Crippen LogP contribution in [0.15, 0.2) is 66.7 Å². The van der Waals surface area contributed by atoms with Crippen molar-refractivity contribution in [2.75, 3.05) is 16.4 Å². The van der Waals surface area contributed by atoms with Gasteiger partial charge >= 0.3 is 0 Å². The second-order valence-electron chi connectivity index (χ2n) is 6.57. The quantitative estimate of drug-likeness (QED) is 0.387. The van der Waals surface area contributed by atoms with Gasteiger partial charge in [-0.25, -0.2) is 4.39 Å². The molecule has 5 N–H and O–H groups in total. The molecule has 29 heavy (non-hydrogen) atoms. The van der Waals surface area contributed by atoms with Crippen LogP contribution in [0, 0.1) is 5.82 Å². The summed E-state index contributed by atoms with van der Waals surface area (Å²) >= 11 is 0. The van der Waals surface area contributed by atoms with Crippen molar-refractivity contribution >= 4 is 23.4 Å². The van der Waals surface area contributed by atoms with Crippen LogP contribution in [0.3, 0.4) is 0 Å². The van der Waals surface area contributed by atoms with E-state index in [1.165, 1.54) is 12.1 Å². The topological polar surface area (TPSA) is 105 Å². The lowest BCUT2D eigenvalue weighted by Gasteiger charge is -2.16. The number of aromatic nitrogens is 4. The van der Waals surface area contributed by atoms with E-state index in [9.17, 15) is 4.39 Å². The Morgan fingerprint density at radius 1 is 0.931 bits per heavy atom. The van der Waals surface area contributed by atoms with E-state index in [1.807, 2.05) is 43.3 Å². The summed E-state index contributed by atoms with van der Waals surface area (Å²) in [6.45, 7) is 1.96. The van der Waals surface area contributed by atoms with Gasteiger partial charge in [0.05, 0.1) is 5.69 Å². The van der Waals surface area contributed by atoms with Gasteiger partial charge in [0.2, 0.25) is 5.95 Å². The maximum Gasteiger partial charge on any atom is 0.223 e. The van der Waals surface area contributed by atoms with Crippen molar-refractivity contribution in [1.29, 1.82) is 0 Å². The first-order valence-corrected chi connectivity index (χ1v) is 9.11. The Bertz CT molecular complexity index is 1090. The second kappa shape index (κ2) is 7.97. The first-order valence-electron chi connectivity index (χ1n) is 9.11. The summed E-state index contributed by atoms with van der Waals surface area (Å²) in [6, 6.07) is 19.7. The van der Waals surface area contributed by atoms with E-state index in [1.54, 1.807) is 18.2 Å². The van der Waals surface area contributed by atoms with Gasteiger partial charge in [-0.1, -0.05) is 42.5 Å². The molecule has 1 atom stereocenters. The van der Waals surface area contributed by atoms with E-state index >= 15 is 0 Å². The minimum Gasteiger partial charge on any atom is -0.368 e. The molecule has 0 saturated heterocycles. The van der Waals surface area contributed by atoms with Gasteiger partial charge in [-0.2, -0.15) is 15.1 Å². The Morgan fingerprint density at radius 3 is 2.41 bits per heavy atom. The molecule has 146 valence electrons. The van der Waals surface area contributed by atoms with Gasteiger partial charge in [-0.15, -0.1) is 0 Å². The van der Waals surface area contributed by atoms with Crippen molar-refractivity contribution < 1.29 is 4.39 Å². The summed E-state index contributed by atoms with van der Waals surface area (Å²) < 4.78 is 13.1. The van der Waals surface area contributed by atoms with Crippen molar-refractivity contribution in [2.45, 2.75) is 13.0 Å². The molecule has 0 bridgehead atoms. The van der Waals surface area contributed by atoms with Crippen LogP contribution >= 0.6 is 0 Å². The number of benzene rings is 2. The largest absolute Gasteiger partial charge is 0.368 e. The summed E-state index contributed by atoms with van der Waals surface area (Å²) in [6.07, 6.45) is 0. The molecule has 2 aromatic carbocycles. The smallest absolute Gasteiger partial charge is 0.223 e. The number of halogens is 1. The fraction of sp³-hybridized carbons (Fsp3) is 0.0952. The summed E-state index contributed by atoms with van der Waals surface area (Å²) in [5.41, 5.74) is 8.71. The van der Waals surface area contributed by atoms with Gasteiger partial charge in [-0.3, -0.25) is 5.10 Å². The molecule has 4 rings (SSSR count). The van der Waals surface area contributed by atoms with E-state index in [0.29, 0.717) is 17.5 Å². The van der Waals surface area contributed by atoms with Crippen molar-refractivity contribution in [1.82, 2.24) is 20.2 Å².